The minimum absolute atomic E-state index is 0.0660. The zero-order valence-electron chi connectivity index (χ0n) is 13.0. The van der Waals surface area contributed by atoms with Gasteiger partial charge in [-0.05, 0) is 30.9 Å². The second-order valence-electron chi connectivity index (χ2n) is 5.59. The van der Waals surface area contributed by atoms with Crippen molar-refractivity contribution in [2.24, 2.45) is 0 Å². The minimum atomic E-state index is -0.816. The Morgan fingerprint density at radius 1 is 1.38 bits per heavy atom. The van der Waals surface area contributed by atoms with Crippen LogP contribution in [0.1, 0.15) is 37.6 Å². The molecule has 1 saturated heterocycles. The number of hydrogen-bond acceptors (Lipinski definition) is 3. The van der Waals surface area contributed by atoms with Crippen LogP contribution >= 0.6 is 0 Å². The Bertz CT molecular complexity index is 516. The molecule has 4 nitrogen and oxygen atoms in total. The highest BCUT2D eigenvalue weighted by Crippen LogP contribution is 2.26. The molecule has 0 saturated carbocycles. The summed E-state index contributed by atoms with van der Waals surface area (Å²) in [5, 5.41) is 3.28. The van der Waals surface area contributed by atoms with Gasteiger partial charge in [-0.3, -0.25) is 14.3 Å². The quantitative estimate of drug-likeness (QED) is 0.872. The fourth-order valence-corrected chi connectivity index (χ4v) is 3.38. The van der Waals surface area contributed by atoms with Crippen molar-refractivity contribution in [3.05, 3.63) is 35.4 Å². The predicted molar refractivity (Wildman–Crippen MR) is 86.4 cm³/mol. The van der Waals surface area contributed by atoms with Gasteiger partial charge in [-0.1, -0.05) is 31.2 Å². The largest absolute Gasteiger partial charge is 0.319 e. The lowest BCUT2D eigenvalue weighted by Crippen LogP contribution is -2.38. The molecule has 0 aliphatic carbocycles. The Hall–Kier alpha value is -1.20. The first-order valence-corrected chi connectivity index (χ1v) is 9.19. The molecular weight excluding hydrogens is 284 g/mol. The number of carbonyl (C=O) groups excluding carboxylic acids is 1. The van der Waals surface area contributed by atoms with E-state index in [-0.39, 0.29) is 18.1 Å². The van der Waals surface area contributed by atoms with E-state index in [0.29, 0.717) is 12.3 Å². The van der Waals surface area contributed by atoms with E-state index in [2.05, 4.69) is 36.5 Å². The van der Waals surface area contributed by atoms with E-state index < -0.39 is 10.8 Å². The van der Waals surface area contributed by atoms with Gasteiger partial charge in [0.15, 0.2) is 0 Å². The lowest BCUT2D eigenvalue weighted by atomic mass is 10.1. The van der Waals surface area contributed by atoms with Gasteiger partial charge in [0.1, 0.15) is 6.17 Å². The van der Waals surface area contributed by atoms with E-state index in [0.717, 1.165) is 18.4 Å². The predicted octanol–water partition coefficient (Wildman–Crippen LogP) is 1.84. The van der Waals surface area contributed by atoms with Gasteiger partial charge in [0.25, 0.3) is 0 Å². The summed E-state index contributed by atoms with van der Waals surface area (Å²) in [5.74, 6) is 0.751. The van der Waals surface area contributed by atoms with Crippen molar-refractivity contribution >= 4 is 16.7 Å². The van der Waals surface area contributed by atoms with Crippen LogP contribution in [-0.4, -0.2) is 39.6 Å². The van der Waals surface area contributed by atoms with Crippen LogP contribution in [0.2, 0.25) is 0 Å². The van der Waals surface area contributed by atoms with E-state index in [1.165, 1.54) is 5.56 Å². The van der Waals surface area contributed by atoms with Crippen molar-refractivity contribution in [1.29, 1.82) is 0 Å². The maximum Gasteiger partial charge on any atom is 0.238 e. The topological polar surface area (TPSA) is 49.4 Å². The molecule has 0 aromatic heterocycles. The molecule has 1 aromatic rings. The number of amides is 1. The molecule has 1 aromatic carbocycles. The standard InChI is InChI=1S/C16H24N2O2S/c1-4-13-5-7-14(8-6-13)16-17-11-15(19)18(16)12(2)9-10-21(3)20/h5-8,12,16-17H,4,9-11H2,1-3H3. The average molecular weight is 308 g/mol. The van der Waals surface area contributed by atoms with E-state index in [9.17, 15) is 9.00 Å². The summed E-state index contributed by atoms with van der Waals surface area (Å²) in [6, 6.07) is 8.50. The van der Waals surface area contributed by atoms with Crippen molar-refractivity contribution in [1.82, 2.24) is 10.2 Å². The van der Waals surface area contributed by atoms with Gasteiger partial charge < -0.3 is 4.90 Å². The molecule has 2 rings (SSSR count). The summed E-state index contributed by atoms with van der Waals surface area (Å²) >= 11 is 0. The zero-order chi connectivity index (χ0) is 15.4. The molecule has 3 unspecified atom stereocenters. The second-order valence-corrected chi connectivity index (χ2v) is 7.15. The molecule has 3 atom stereocenters. The lowest BCUT2D eigenvalue weighted by molar-refractivity contribution is -0.130. The van der Waals surface area contributed by atoms with Gasteiger partial charge in [-0.2, -0.15) is 0 Å². The maximum atomic E-state index is 12.2. The van der Waals surface area contributed by atoms with Crippen LogP contribution in [0.15, 0.2) is 24.3 Å². The molecule has 1 fully saturated rings. The van der Waals surface area contributed by atoms with Crippen LogP contribution in [0.4, 0.5) is 0 Å². The first-order valence-electron chi connectivity index (χ1n) is 7.46. The number of nitrogens with one attached hydrogen (secondary N) is 1. The number of benzene rings is 1. The molecule has 5 heteroatoms. The Labute approximate surface area is 129 Å². The van der Waals surface area contributed by atoms with Gasteiger partial charge in [-0.25, -0.2) is 0 Å². The van der Waals surface area contributed by atoms with Gasteiger partial charge >= 0.3 is 0 Å². The Kier molecular flexibility index (Phi) is 5.53. The van der Waals surface area contributed by atoms with Crippen molar-refractivity contribution in [3.63, 3.8) is 0 Å². The zero-order valence-corrected chi connectivity index (χ0v) is 13.8. The van der Waals surface area contributed by atoms with E-state index >= 15 is 0 Å². The molecule has 0 spiro atoms. The Balaban J connectivity index is 2.13. The van der Waals surface area contributed by atoms with Crippen LogP contribution in [0, 0.1) is 0 Å². The van der Waals surface area contributed by atoms with Gasteiger partial charge in [-0.15, -0.1) is 0 Å². The smallest absolute Gasteiger partial charge is 0.238 e. The fourth-order valence-electron chi connectivity index (χ4n) is 2.71. The first-order chi connectivity index (χ1) is 10.0. The normalized spacial score (nSPS) is 21.6. The summed E-state index contributed by atoms with van der Waals surface area (Å²) < 4.78 is 11.3. The Morgan fingerprint density at radius 2 is 2.05 bits per heavy atom. The van der Waals surface area contributed by atoms with E-state index in [1.54, 1.807) is 6.26 Å². The van der Waals surface area contributed by atoms with Crippen LogP contribution in [0.25, 0.3) is 0 Å². The molecule has 1 aliphatic rings. The van der Waals surface area contributed by atoms with Gasteiger partial charge in [0.2, 0.25) is 5.91 Å². The molecule has 1 aliphatic heterocycles. The fraction of sp³-hybridized carbons (Fsp3) is 0.562. The lowest BCUT2D eigenvalue weighted by Gasteiger charge is -2.30. The highest BCUT2D eigenvalue weighted by molar-refractivity contribution is 7.84. The van der Waals surface area contributed by atoms with Crippen LogP contribution in [0.5, 0.6) is 0 Å². The molecule has 21 heavy (non-hydrogen) atoms. The minimum Gasteiger partial charge on any atom is -0.319 e. The third kappa shape index (κ3) is 3.92. The van der Waals surface area contributed by atoms with Gasteiger partial charge in [0.05, 0.1) is 6.54 Å². The maximum absolute atomic E-state index is 12.2. The highest BCUT2D eigenvalue weighted by Gasteiger charge is 2.34. The van der Waals surface area contributed by atoms with Crippen LogP contribution in [0.3, 0.4) is 0 Å². The average Bonchev–Trinajstić information content (AvgIpc) is 2.86. The molecule has 116 valence electrons. The molecule has 0 bridgehead atoms. The molecule has 1 heterocycles. The summed E-state index contributed by atoms with van der Waals surface area (Å²) in [5.41, 5.74) is 2.41. The Morgan fingerprint density at radius 3 is 2.62 bits per heavy atom. The summed E-state index contributed by atoms with van der Waals surface area (Å²) in [6.45, 7) is 4.54. The molecule has 0 radical (unpaired) electrons. The number of aryl methyl sites for hydroxylation is 1. The first kappa shape index (κ1) is 16.2. The molecule has 1 N–H and O–H groups in total. The van der Waals surface area contributed by atoms with Crippen LogP contribution in [-0.2, 0) is 22.0 Å². The number of rotatable bonds is 6. The van der Waals surface area contributed by atoms with Crippen LogP contribution < -0.4 is 5.32 Å². The summed E-state index contributed by atoms with van der Waals surface area (Å²) in [6.07, 6.45) is 3.42. The van der Waals surface area contributed by atoms with Crippen molar-refractivity contribution in [2.75, 3.05) is 18.6 Å². The molecule has 1 amide bonds. The highest BCUT2D eigenvalue weighted by atomic mass is 32.2. The van der Waals surface area contributed by atoms with Crippen molar-refractivity contribution < 1.29 is 9.00 Å². The van der Waals surface area contributed by atoms with E-state index in [4.69, 9.17) is 0 Å². The van der Waals surface area contributed by atoms with Gasteiger partial charge in [0, 0.05) is 28.9 Å². The van der Waals surface area contributed by atoms with Crippen molar-refractivity contribution in [2.45, 2.75) is 38.9 Å². The van der Waals surface area contributed by atoms with Crippen molar-refractivity contribution in [3.8, 4) is 0 Å². The number of nitrogens with zero attached hydrogens (tertiary/aromatic N) is 1. The summed E-state index contributed by atoms with van der Waals surface area (Å²) in [4.78, 5) is 14.1. The monoisotopic (exact) mass is 308 g/mol. The van der Waals surface area contributed by atoms with E-state index in [1.807, 2.05) is 11.8 Å². The third-order valence-electron chi connectivity index (χ3n) is 4.01. The SMILES string of the molecule is CCc1ccc(C2NCC(=O)N2C(C)CCS(C)=O)cc1. The molecular formula is C16H24N2O2S. The third-order valence-corrected chi connectivity index (χ3v) is 4.83. The summed E-state index contributed by atoms with van der Waals surface area (Å²) in [7, 11) is -0.816. The second kappa shape index (κ2) is 7.18. The number of hydrogen-bond donors (Lipinski definition) is 1. The number of carbonyl (C=O) groups is 1.